The van der Waals surface area contributed by atoms with Gasteiger partial charge in [-0.05, 0) is 18.2 Å². The van der Waals surface area contributed by atoms with E-state index in [1.165, 1.54) is 23.2 Å². The normalized spacial score (nSPS) is 10.3. The average Bonchev–Trinajstić information content (AvgIpc) is 3.17. The third-order valence-electron chi connectivity index (χ3n) is 3.10. The Morgan fingerprint density at radius 2 is 2.00 bits per heavy atom. The fraction of sp³-hybridized carbons (Fsp3) is 0.0667. The Balaban J connectivity index is 1.88. The van der Waals surface area contributed by atoms with Crippen molar-refractivity contribution in [3.8, 4) is 23.6 Å². The summed E-state index contributed by atoms with van der Waals surface area (Å²) in [6.07, 6.45) is 2.69. The molecule has 0 amide bonds. The quantitative estimate of drug-likeness (QED) is 0.741. The molecule has 0 atom stereocenters. The zero-order valence-electron chi connectivity index (χ0n) is 11.5. The number of rotatable bonds is 3. The maximum atomic E-state index is 13.2. The van der Waals surface area contributed by atoms with Gasteiger partial charge in [0.05, 0.1) is 18.6 Å². The van der Waals surface area contributed by atoms with E-state index in [9.17, 15) is 8.78 Å². The molecule has 0 aliphatic carbocycles. The molecule has 0 bridgehead atoms. The van der Waals surface area contributed by atoms with Gasteiger partial charge in [0, 0.05) is 5.56 Å². The van der Waals surface area contributed by atoms with E-state index in [0.29, 0.717) is 11.3 Å². The molecule has 0 aliphatic rings. The van der Waals surface area contributed by atoms with Gasteiger partial charge in [-0.2, -0.15) is 10.5 Å². The molecule has 3 rings (SSSR count). The summed E-state index contributed by atoms with van der Waals surface area (Å²) in [5.41, 5.74) is 0.879. The molecule has 0 N–H and O–H groups in total. The molecule has 0 saturated carbocycles. The summed E-state index contributed by atoms with van der Waals surface area (Å²) < 4.78 is 32.9. The Kier molecular flexibility index (Phi) is 3.57. The summed E-state index contributed by atoms with van der Waals surface area (Å²) in [6.45, 7) is 0.157. The van der Waals surface area contributed by atoms with Crippen LogP contribution < -0.4 is 0 Å². The molecule has 8 heteroatoms. The largest absolute Gasteiger partial charge is 0.444 e. The highest BCUT2D eigenvalue weighted by Gasteiger charge is 2.14. The second kappa shape index (κ2) is 5.70. The second-order valence-corrected chi connectivity index (χ2v) is 4.57. The summed E-state index contributed by atoms with van der Waals surface area (Å²) >= 11 is 0. The van der Waals surface area contributed by atoms with Crippen LogP contribution in [0.4, 0.5) is 8.78 Å². The van der Waals surface area contributed by atoms with Crippen LogP contribution in [-0.2, 0) is 6.54 Å². The molecule has 23 heavy (non-hydrogen) atoms. The summed E-state index contributed by atoms with van der Waals surface area (Å²) in [7, 11) is 0. The predicted octanol–water partition coefficient (Wildman–Crippen LogP) is 2.61. The van der Waals surface area contributed by atoms with Crippen molar-refractivity contribution in [1.82, 2.24) is 14.5 Å². The summed E-state index contributed by atoms with van der Waals surface area (Å²) in [6, 6.07) is 7.03. The number of nitriles is 2. The summed E-state index contributed by atoms with van der Waals surface area (Å²) in [5.74, 6) is -1.83. The number of oxazole rings is 1. The van der Waals surface area contributed by atoms with Gasteiger partial charge in [-0.3, -0.25) is 0 Å². The van der Waals surface area contributed by atoms with E-state index in [4.69, 9.17) is 14.9 Å². The molecule has 1 aromatic carbocycles. The van der Waals surface area contributed by atoms with E-state index >= 15 is 0 Å². The van der Waals surface area contributed by atoms with Crippen LogP contribution in [0.5, 0.6) is 0 Å². The van der Waals surface area contributed by atoms with E-state index in [1.54, 1.807) is 0 Å². The van der Waals surface area contributed by atoms with Crippen LogP contribution in [0.25, 0.3) is 11.5 Å². The maximum Gasteiger partial charge on any atom is 0.226 e. The van der Waals surface area contributed by atoms with Crippen molar-refractivity contribution in [2.75, 3.05) is 0 Å². The fourth-order valence-electron chi connectivity index (χ4n) is 2.02. The van der Waals surface area contributed by atoms with E-state index in [2.05, 4.69) is 9.97 Å². The van der Waals surface area contributed by atoms with Gasteiger partial charge in [0.15, 0.2) is 23.0 Å². The molecule has 112 valence electrons. The predicted molar refractivity (Wildman–Crippen MR) is 72.6 cm³/mol. The van der Waals surface area contributed by atoms with Crippen molar-refractivity contribution in [1.29, 1.82) is 10.5 Å². The van der Waals surface area contributed by atoms with Gasteiger partial charge < -0.3 is 8.98 Å². The van der Waals surface area contributed by atoms with Crippen LogP contribution in [0.1, 0.15) is 17.1 Å². The molecule has 0 saturated heterocycles. The lowest BCUT2D eigenvalue weighted by atomic mass is 10.2. The molecule has 2 heterocycles. The van der Waals surface area contributed by atoms with Crippen LogP contribution in [0.2, 0.25) is 0 Å². The highest BCUT2D eigenvalue weighted by Crippen LogP contribution is 2.21. The average molecular weight is 311 g/mol. The summed E-state index contributed by atoms with van der Waals surface area (Å²) in [4.78, 5) is 7.98. The Bertz CT molecular complexity index is 961. The lowest BCUT2D eigenvalue weighted by Crippen LogP contribution is -2.01. The lowest BCUT2D eigenvalue weighted by molar-refractivity contribution is 0.507. The number of aromatic nitrogens is 3. The number of nitrogens with zero attached hydrogens (tertiary/aromatic N) is 5. The molecule has 3 aromatic rings. The first kappa shape index (κ1) is 14.4. The third kappa shape index (κ3) is 2.65. The Morgan fingerprint density at radius 3 is 2.70 bits per heavy atom. The topological polar surface area (TPSA) is 91.4 Å². The molecule has 0 aliphatic heterocycles. The van der Waals surface area contributed by atoms with E-state index < -0.39 is 11.6 Å². The minimum Gasteiger partial charge on any atom is -0.444 e. The van der Waals surface area contributed by atoms with E-state index in [-0.39, 0.29) is 23.8 Å². The molecule has 2 aromatic heterocycles. The molecular formula is C15H7F2N5O. The Morgan fingerprint density at radius 1 is 1.17 bits per heavy atom. The van der Waals surface area contributed by atoms with Gasteiger partial charge in [0.2, 0.25) is 5.89 Å². The fourth-order valence-corrected chi connectivity index (χ4v) is 2.02. The van der Waals surface area contributed by atoms with Crippen molar-refractivity contribution in [2.45, 2.75) is 6.54 Å². The van der Waals surface area contributed by atoms with Gasteiger partial charge in [-0.1, -0.05) is 0 Å². The minimum absolute atomic E-state index is 0.0248. The Labute approximate surface area is 128 Å². The monoisotopic (exact) mass is 311 g/mol. The molecule has 0 radical (unpaired) electrons. The van der Waals surface area contributed by atoms with Gasteiger partial charge in [0.25, 0.3) is 0 Å². The first-order chi connectivity index (χ1) is 11.1. The first-order valence-electron chi connectivity index (χ1n) is 6.37. The second-order valence-electron chi connectivity index (χ2n) is 4.57. The van der Waals surface area contributed by atoms with Crippen molar-refractivity contribution in [3.05, 3.63) is 59.5 Å². The highest BCUT2D eigenvalue weighted by molar-refractivity contribution is 5.53. The van der Waals surface area contributed by atoms with Crippen LogP contribution in [0, 0.1) is 34.3 Å². The van der Waals surface area contributed by atoms with Crippen molar-refractivity contribution in [2.24, 2.45) is 0 Å². The molecule has 0 fully saturated rings. The zero-order valence-corrected chi connectivity index (χ0v) is 11.5. The van der Waals surface area contributed by atoms with Crippen LogP contribution in [-0.4, -0.2) is 14.5 Å². The lowest BCUT2D eigenvalue weighted by Gasteiger charge is -1.99. The van der Waals surface area contributed by atoms with Gasteiger partial charge in [-0.15, -0.1) is 0 Å². The van der Waals surface area contributed by atoms with E-state index in [1.807, 2.05) is 12.1 Å². The number of hydrogen-bond acceptors (Lipinski definition) is 5. The van der Waals surface area contributed by atoms with Gasteiger partial charge >= 0.3 is 0 Å². The van der Waals surface area contributed by atoms with Crippen molar-refractivity contribution < 1.29 is 13.2 Å². The Hall–Kier alpha value is -3.52. The van der Waals surface area contributed by atoms with Crippen LogP contribution in [0.15, 0.2) is 35.2 Å². The number of halogens is 2. The minimum atomic E-state index is -0.998. The standard InChI is InChI=1S/C15H7F2N5O/c16-11-2-1-9(3-12(11)17)15-21-10(7-23-15)6-22-8-20-13(4-18)14(22)5-19/h1-3,7-8H,6H2. The molecule has 0 unspecified atom stereocenters. The number of benzene rings is 1. The highest BCUT2D eigenvalue weighted by atomic mass is 19.2. The number of imidazole rings is 1. The van der Waals surface area contributed by atoms with Crippen molar-refractivity contribution >= 4 is 0 Å². The number of hydrogen-bond donors (Lipinski definition) is 0. The zero-order chi connectivity index (χ0) is 16.4. The SMILES string of the molecule is N#Cc1ncn(Cc2coc(-c3ccc(F)c(F)c3)n2)c1C#N. The van der Waals surface area contributed by atoms with Gasteiger partial charge in [-0.25, -0.2) is 18.7 Å². The smallest absolute Gasteiger partial charge is 0.226 e. The maximum absolute atomic E-state index is 13.2. The molecule has 6 nitrogen and oxygen atoms in total. The van der Waals surface area contributed by atoms with Crippen molar-refractivity contribution in [3.63, 3.8) is 0 Å². The molecule has 0 spiro atoms. The van der Waals surface area contributed by atoms with Crippen LogP contribution in [0.3, 0.4) is 0 Å². The molecular weight excluding hydrogens is 304 g/mol. The van der Waals surface area contributed by atoms with E-state index in [0.717, 1.165) is 12.1 Å². The van der Waals surface area contributed by atoms with Crippen LogP contribution >= 0.6 is 0 Å². The first-order valence-corrected chi connectivity index (χ1v) is 6.37. The third-order valence-corrected chi connectivity index (χ3v) is 3.10. The summed E-state index contributed by atoms with van der Waals surface area (Å²) in [5, 5.41) is 17.9. The van der Waals surface area contributed by atoms with Gasteiger partial charge in [0.1, 0.15) is 18.4 Å².